The van der Waals surface area contributed by atoms with Gasteiger partial charge in [-0.1, -0.05) is 12.2 Å². The van der Waals surface area contributed by atoms with Gasteiger partial charge < -0.3 is 20.6 Å². The normalized spacial score (nSPS) is 30.6. The molecular weight excluding hydrogens is 186 g/mol. The molecule has 0 heterocycles. The predicted octanol–water partition coefficient (Wildman–Crippen LogP) is -0.0564. The van der Waals surface area contributed by atoms with Gasteiger partial charge in [0.1, 0.15) is 0 Å². The summed E-state index contributed by atoms with van der Waals surface area (Å²) in [5.41, 5.74) is -0.456. The van der Waals surface area contributed by atoms with E-state index < -0.39 is 11.5 Å². The van der Waals surface area contributed by atoms with Crippen LogP contribution < -0.4 is 5.32 Å². The minimum atomic E-state index is -1.07. The maximum Gasteiger partial charge on any atom is 0.405 e. The molecule has 0 aromatic rings. The van der Waals surface area contributed by atoms with E-state index in [1.807, 2.05) is 0 Å². The first-order chi connectivity index (χ1) is 6.62. The summed E-state index contributed by atoms with van der Waals surface area (Å²) in [4.78, 5) is 10.4. The van der Waals surface area contributed by atoms with Crippen LogP contribution >= 0.6 is 0 Å². The van der Waals surface area contributed by atoms with Crippen molar-refractivity contribution in [3.05, 3.63) is 12.2 Å². The summed E-state index contributed by atoms with van der Waals surface area (Å²) in [5.74, 6) is 0. The van der Waals surface area contributed by atoms with Crippen molar-refractivity contribution in [3.8, 4) is 0 Å². The highest BCUT2D eigenvalue weighted by Crippen LogP contribution is 2.34. The number of aliphatic hydroxyl groups excluding tert-OH is 2. The molecule has 0 aromatic heterocycles. The van der Waals surface area contributed by atoms with Gasteiger partial charge in [0.05, 0.1) is 12.6 Å². The Kier molecular flexibility index (Phi) is 3.49. The third-order valence-electron chi connectivity index (χ3n) is 2.54. The second-order valence-electron chi connectivity index (χ2n) is 3.61. The summed E-state index contributed by atoms with van der Waals surface area (Å²) in [6.45, 7) is -0.0768. The van der Waals surface area contributed by atoms with Crippen LogP contribution in [-0.2, 0) is 0 Å². The summed E-state index contributed by atoms with van der Waals surface area (Å²) < 4.78 is 0. The summed E-state index contributed by atoms with van der Waals surface area (Å²) in [6.07, 6.45) is 3.40. The van der Waals surface area contributed by atoms with E-state index in [1.54, 1.807) is 12.2 Å². The van der Waals surface area contributed by atoms with E-state index in [0.29, 0.717) is 12.8 Å². The van der Waals surface area contributed by atoms with Crippen LogP contribution in [0, 0.1) is 5.41 Å². The Morgan fingerprint density at radius 2 is 2.29 bits per heavy atom. The largest absolute Gasteiger partial charge is 0.465 e. The third kappa shape index (κ3) is 2.46. The zero-order valence-corrected chi connectivity index (χ0v) is 7.81. The summed E-state index contributed by atoms with van der Waals surface area (Å²) in [5, 5.41) is 28.8. The van der Waals surface area contributed by atoms with Gasteiger partial charge in [-0.2, -0.15) is 0 Å². The first kappa shape index (κ1) is 11.0. The fraction of sp³-hybridized carbons (Fsp3) is 0.667. The quantitative estimate of drug-likeness (QED) is 0.480. The highest BCUT2D eigenvalue weighted by Gasteiger charge is 2.34. The Morgan fingerprint density at radius 1 is 1.57 bits per heavy atom. The lowest BCUT2D eigenvalue weighted by Crippen LogP contribution is -2.34. The van der Waals surface area contributed by atoms with Crippen molar-refractivity contribution in [2.75, 3.05) is 13.2 Å². The monoisotopic (exact) mass is 201 g/mol. The molecule has 0 bridgehead atoms. The number of amides is 1. The smallest absolute Gasteiger partial charge is 0.405 e. The molecule has 0 saturated carbocycles. The van der Waals surface area contributed by atoms with Crippen LogP contribution in [-0.4, -0.2) is 40.7 Å². The van der Waals surface area contributed by atoms with Crippen molar-refractivity contribution in [3.63, 3.8) is 0 Å². The number of nitrogens with one attached hydrogen (secondary N) is 1. The highest BCUT2D eigenvalue weighted by molar-refractivity contribution is 5.65. The number of hydrogen-bond acceptors (Lipinski definition) is 3. The molecule has 4 N–H and O–H groups in total. The molecule has 0 aliphatic heterocycles. The van der Waals surface area contributed by atoms with E-state index in [4.69, 9.17) is 15.3 Å². The molecule has 1 aliphatic rings. The molecule has 5 nitrogen and oxygen atoms in total. The first-order valence-corrected chi connectivity index (χ1v) is 4.52. The number of aliphatic hydroxyl groups is 2. The highest BCUT2D eigenvalue weighted by atomic mass is 16.4. The minimum Gasteiger partial charge on any atom is -0.465 e. The Morgan fingerprint density at radius 3 is 2.79 bits per heavy atom. The fourth-order valence-corrected chi connectivity index (χ4v) is 1.76. The lowest BCUT2D eigenvalue weighted by Gasteiger charge is -2.25. The van der Waals surface area contributed by atoms with E-state index in [2.05, 4.69) is 5.32 Å². The van der Waals surface area contributed by atoms with Crippen LogP contribution in [0.3, 0.4) is 0 Å². The predicted molar refractivity (Wildman–Crippen MR) is 49.9 cm³/mol. The molecule has 0 spiro atoms. The van der Waals surface area contributed by atoms with Gasteiger partial charge in [0, 0.05) is 12.0 Å². The Labute approximate surface area is 82.1 Å². The number of hydrogen-bond donors (Lipinski definition) is 4. The van der Waals surface area contributed by atoms with Gasteiger partial charge in [0.2, 0.25) is 0 Å². The van der Waals surface area contributed by atoms with Gasteiger partial charge in [-0.15, -0.1) is 0 Å². The second-order valence-corrected chi connectivity index (χ2v) is 3.61. The van der Waals surface area contributed by atoms with Gasteiger partial charge in [-0.05, 0) is 12.8 Å². The van der Waals surface area contributed by atoms with E-state index in [9.17, 15) is 4.79 Å². The van der Waals surface area contributed by atoms with Gasteiger partial charge in [-0.25, -0.2) is 4.79 Å². The number of carboxylic acid groups (broad SMARTS) is 1. The van der Waals surface area contributed by atoms with Crippen LogP contribution in [0.1, 0.15) is 12.8 Å². The molecule has 0 unspecified atom stereocenters. The molecule has 1 aliphatic carbocycles. The van der Waals surface area contributed by atoms with Crippen LogP contribution in [0.5, 0.6) is 0 Å². The van der Waals surface area contributed by atoms with Gasteiger partial charge in [-0.3, -0.25) is 0 Å². The molecule has 1 rings (SSSR count). The minimum absolute atomic E-state index is 0.00923. The van der Waals surface area contributed by atoms with Crippen LogP contribution in [0.15, 0.2) is 12.2 Å². The summed E-state index contributed by atoms with van der Waals surface area (Å²) in [7, 11) is 0. The van der Waals surface area contributed by atoms with Crippen molar-refractivity contribution in [1.82, 2.24) is 5.32 Å². The zero-order chi connectivity index (χ0) is 10.6. The molecule has 2 atom stereocenters. The standard InChI is InChI=1S/C9H15NO4/c11-4-3-9(6-12)2-1-7(5-9)10-8(13)14/h1-2,7,10-12H,3-6H2,(H,13,14)/t7-,9-/m1/s1. The van der Waals surface area contributed by atoms with Gasteiger partial charge in [0.25, 0.3) is 0 Å². The molecule has 5 heteroatoms. The SMILES string of the molecule is O=C(O)N[C@@H]1C=C[C@@](CO)(CCO)C1. The Bertz CT molecular complexity index is 241. The summed E-state index contributed by atoms with van der Waals surface area (Å²) >= 11 is 0. The fourth-order valence-electron chi connectivity index (χ4n) is 1.76. The molecule has 14 heavy (non-hydrogen) atoms. The van der Waals surface area contributed by atoms with Crippen LogP contribution in [0.2, 0.25) is 0 Å². The van der Waals surface area contributed by atoms with Gasteiger partial charge in [0.15, 0.2) is 0 Å². The van der Waals surface area contributed by atoms with Crippen LogP contribution in [0.25, 0.3) is 0 Å². The average molecular weight is 201 g/mol. The van der Waals surface area contributed by atoms with Crippen molar-refractivity contribution in [1.29, 1.82) is 0 Å². The second kappa shape index (κ2) is 4.43. The first-order valence-electron chi connectivity index (χ1n) is 4.52. The van der Waals surface area contributed by atoms with Crippen molar-refractivity contribution >= 4 is 6.09 Å². The van der Waals surface area contributed by atoms with Gasteiger partial charge >= 0.3 is 6.09 Å². The lowest BCUT2D eigenvalue weighted by molar-refractivity contribution is 0.123. The van der Waals surface area contributed by atoms with E-state index in [0.717, 1.165) is 0 Å². The number of rotatable bonds is 4. The number of carbonyl (C=O) groups is 1. The van der Waals surface area contributed by atoms with E-state index in [-0.39, 0.29) is 19.3 Å². The summed E-state index contributed by atoms with van der Waals surface area (Å²) in [6, 6.07) is -0.258. The molecule has 0 aromatic carbocycles. The van der Waals surface area contributed by atoms with E-state index >= 15 is 0 Å². The Balaban J connectivity index is 2.54. The maximum absolute atomic E-state index is 10.4. The zero-order valence-electron chi connectivity index (χ0n) is 7.81. The Hall–Kier alpha value is -1.07. The lowest BCUT2D eigenvalue weighted by atomic mass is 9.84. The molecule has 0 fully saturated rings. The topological polar surface area (TPSA) is 89.8 Å². The van der Waals surface area contributed by atoms with Crippen molar-refractivity contribution < 1.29 is 20.1 Å². The molecular formula is C9H15NO4. The molecule has 0 radical (unpaired) electrons. The van der Waals surface area contributed by atoms with E-state index in [1.165, 1.54) is 0 Å². The molecule has 1 amide bonds. The third-order valence-corrected chi connectivity index (χ3v) is 2.54. The molecule has 80 valence electrons. The van der Waals surface area contributed by atoms with Crippen molar-refractivity contribution in [2.24, 2.45) is 5.41 Å². The van der Waals surface area contributed by atoms with Crippen molar-refractivity contribution in [2.45, 2.75) is 18.9 Å². The van der Waals surface area contributed by atoms with Crippen LogP contribution in [0.4, 0.5) is 4.79 Å². The maximum atomic E-state index is 10.4. The average Bonchev–Trinajstić information content (AvgIpc) is 2.49. The molecule has 0 saturated heterocycles.